The van der Waals surface area contributed by atoms with Gasteiger partial charge in [0.25, 0.3) is 0 Å². The van der Waals surface area contributed by atoms with Gasteiger partial charge < -0.3 is 24.8 Å². The van der Waals surface area contributed by atoms with Gasteiger partial charge in [0.1, 0.15) is 0 Å². The molecule has 0 aromatic heterocycles. The number of aryl methyl sites for hydroxylation is 2. The fourth-order valence-electron chi connectivity index (χ4n) is 6.60. The molecule has 44 heavy (non-hydrogen) atoms. The van der Waals surface area contributed by atoms with Crippen LogP contribution in [0.3, 0.4) is 0 Å². The Bertz CT molecular complexity index is 1740. The zero-order chi connectivity index (χ0) is 29.8. The summed E-state index contributed by atoms with van der Waals surface area (Å²) < 4.78 is 2.32. The minimum absolute atomic E-state index is 0. The summed E-state index contributed by atoms with van der Waals surface area (Å²) in [5.74, 6) is 0. The van der Waals surface area contributed by atoms with E-state index in [9.17, 15) is 0 Å². The van der Waals surface area contributed by atoms with Crippen LogP contribution in [0.5, 0.6) is 0 Å². The molecule has 4 aromatic carbocycles. The maximum atomic E-state index is 2.69. The molecule has 4 heteroatoms. The van der Waals surface area contributed by atoms with Gasteiger partial charge >= 0.3 is 263 Å². The molecule has 0 saturated heterocycles. The molecule has 0 bridgehead atoms. The monoisotopic (exact) mass is 712 g/mol. The van der Waals surface area contributed by atoms with Crippen LogP contribution in [0.1, 0.15) is 74.9 Å². The zero-order valence-electron chi connectivity index (χ0n) is 27.4. The summed E-state index contributed by atoms with van der Waals surface area (Å²) in [5, 5.41) is 3.18. The van der Waals surface area contributed by atoms with E-state index in [-0.39, 0.29) is 35.6 Å². The second-order valence-electron chi connectivity index (χ2n) is 14.4. The zero-order valence-corrected chi connectivity index (χ0v) is 32.3. The summed E-state index contributed by atoms with van der Waals surface area (Å²) in [7, 11) is 0. The van der Waals surface area contributed by atoms with E-state index in [2.05, 4.69) is 159 Å². The van der Waals surface area contributed by atoms with Gasteiger partial charge in [0.15, 0.2) is 0 Å². The van der Waals surface area contributed by atoms with E-state index in [1.807, 2.05) is 0 Å². The first-order valence-corrected chi connectivity index (χ1v) is 23.3. The van der Waals surface area contributed by atoms with E-state index in [1.165, 1.54) is 38.9 Å². The van der Waals surface area contributed by atoms with Crippen LogP contribution in [0.15, 0.2) is 103 Å². The summed E-state index contributed by atoms with van der Waals surface area (Å²) in [6, 6.07) is 31.6. The number of benzene rings is 4. The maximum absolute atomic E-state index is 2.69. The molecule has 0 aliphatic heterocycles. The van der Waals surface area contributed by atoms with Gasteiger partial charge in [0, 0.05) is 0 Å². The van der Waals surface area contributed by atoms with E-state index >= 15 is 0 Å². The second-order valence-corrected chi connectivity index (χ2v) is 28.2. The molecule has 0 atom stereocenters. The topological polar surface area (TPSA) is 0 Å². The van der Waals surface area contributed by atoms with Crippen LogP contribution in [0.4, 0.5) is 0 Å². The van der Waals surface area contributed by atoms with Crippen molar-refractivity contribution in [2.75, 3.05) is 0 Å². The van der Waals surface area contributed by atoms with Crippen LogP contribution in [0.2, 0.25) is 3.63 Å². The number of hydrogen-bond donors (Lipinski definition) is 0. The molecular formula is C40H44Cl2SiZr. The van der Waals surface area contributed by atoms with Crippen molar-refractivity contribution in [3.8, 4) is 11.1 Å². The molecule has 2 aliphatic rings. The third-order valence-corrected chi connectivity index (χ3v) is 28.2. The van der Waals surface area contributed by atoms with Gasteiger partial charge in [-0.2, -0.15) is 0 Å². The first-order valence-electron chi connectivity index (χ1n) is 15.4. The molecule has 0 nitrogen and oxygen atoms in total. The molecule has 0 fully saturated rings. The van der Waals surface area contributed by atoms with Gasteiger partial charge in [-0.1, -0.05) is 0 Å². The van der Waals surface area contributed by atoms with Gasteiger partial charge in [-0.05, 0) is 0 Å². The van der Waals surface area contributed by atoms with E-state index < -0.39 is 25.8 Å². The molecule has 0 radical (unpaired) electrons. The van der Waals surface area contributed by atoms with Gasteiger partial charge in [0.2, 0.25) is 0 Å². The van der Waals surface area contributed by atoms with Crippen molar-refractivity contribution in [1.82, 2.24) is 0 Å². The largest absolute Gasteiger partial charge is 1.00 e. The second kappa shape index (κ2) is 13.4. The normalized spacial score (nSPS) is 13.4. The van der Waals surface area contributed by atoms with Gasteiger partial charge in [0.05, 0.1) is 0 Å². The number of rotatable bonds is 4. The SMILES string of the molecule is Cc1cccc([Si](c2cccc(C)c2)=[Zr+2]([c]2cc(C(C)(C)C)cc3c2Cc2ccc(C(C)(C)C)cc2-3)[CH]2C=CC=C2)c1.[Cl-].[Cl-]. The van der Waals surface area contributed by atoms with Crippen LogP contribution >= 0.6 is 0 Å². The Balaban J connectivity index is 0.00000221. The Morgan fingerprint density at radius 2 is 1.18 bits per heavy atom. The Hall–Kier alpha value is -1.96. The molecule has 0 unspecified atom stereocenters. The van der Waals surface area contributed by atoms with Crippen molar-refractivity contribution in [2.45, 2.75) is 76.3 Å². The third kappa shape index (κ3) is 6.90. The van der Waals surface area contributed by atoms with Crippen LogP contribution in [-0.2, 0) is 37.6 Å². The average molecular weight is 715 g/mol. The summed E-state index contributed by atoms with van der Waals surface area (Å²) in [6.07, 6.45) is 10.8. The molecule has 4 aromatic rings. The number of allylic oxidation sites excluding steroid dienone is 4. The van der Waals surface area contributed by atoms with Gasteiger partial charge in [-0.25, -0.2) is 0 Å². The Kier molecular flexibility index (Phi) is 10.6. The molecule has 0 heterocycles. The van der Waals surface area contributed by atoms with Crippen LogP contribution in [0, 0.1) is 13.8 Å². The molecule has 0 saturated carbocycles. The van der Waals surface area contributed by atoms with Crippen LogP contribution in [-0.4, -0.2) is 5.43 Å². The molecule has 226 valence electrons. The minimum Gasteiger partial charge on any atom is -1.00 e. The summed E-state index contributed by atoms with van der Waals surface area (Å²) in [4.78, 5) is 0. The standard InChI is InChI=1S/C21H25.C14H14Si.C5H5.2ClH.Zr/c1-20(2,3)16-9-7-14-11-15-8-10-17(21(4,5)6)13-19(15)18(14)12-16;1-11-5-3-7-13(9-11)15-14-8-4-6-12(2)10-14;1-2-4-5-3-1;;;/h7,9-10,12-13H,11H2,1-6H3;3-10H,1-2H3;1-5H;2*1H;/q;;;;;+2/p-2. The maximum Gasteiger partial charge on any atom is -1.00 e. The molecule has 2 aliphatic carbocycles. The van der Waals surface area contributed by atoms with Gasteiger partial charge in [-0.15, -0.1) is 0 Å². The van der Waals surface area contributed by atoms with Crippen molar-refractivity contribution in [3.63, 3.8) is 0 Å². The van der Waals surface area contributed by atoms with Crippen molar-refractivity contribution >= 4 is 19.1 Å². The molecule has 0 amide bonds. The Morgan fingerprint density at radius 1 is 0.636 bits per heavy atom. The molecule has 6 rings (SSSR count). The summed E-state index contributed by atoms with van der Waals surface area (Å²) in [6.45, 7) is 18.7. The van der Waals surface area contributed by atoms with Crippen molar-refractivity contribution in [3.05, 3.63) is 137 Å². The predicted octanol–water partition coefficient (Wildman–Crippen LogP) is 2.44. The molecule has 0 N–H and O–H groups in total. The molecular weight excluding hydrogens is 671 g/mol. The fourth-order valence-corrected chi connectivity index (χ4v) is 27.7. The summed E-state index contributed by atoms with van der Waals surface area (Å²) >= 11 is -2.49. The Morgan fingerprint density at radius 3 is 1.70 bits per heavy atom. The first kappa shape index (κ1) is 34.9. The summed E-state index contributed by atoms with van der Waals surface area (Å²) in [5.41, 5.74) is 11.0. The van der Waals surface area contributed by atoms with Gasteiger partial charge in [-0.3, -0.25) is 0 Å². The number of hydrogen-bond acceptors (Lipinski definition) is 0. The van der Waals surface area contributed by atoms with Crippen LogP contribution < -0.4 is 38.5 Å². The third-order valence-electron chi connectivity index (χ3n) is 9.00. The van der Waals surface area contributed by atoms with Crippen molar-refractivity contribution < 1.29 is 45.2 Å². The van der Waals surface area contributed by atoms with Crippen LogP contribution in [0.25, 0.3) is 11.1 Å². The van der Waals surface area contributed by atoms with E-state index in [1.54, 1.807) is 19.2 Å². The Labute approximate surface area is 286 Å². The molecule has 0 spiro atoms. The first-order chi connectivity index (χ1) is 19.9. The van der Waals surface area contributed by atoms with E-state index in [0.29, 0.717) is 3.63 Å². The fraction of sp³-hybridized carbons (Fsp3) is 0.300. The van der Waals surface area contributed by atoms with E-state index in [4.69, 9.17) is 0 Å². The van der Waals surface area contributed by atoms with Crippen molar-refractivity contribution in [2.24, 2.45) is 0 Å². The average Bonchev–Trinajstić information content (AvgIpc) is 3.58. The van der Waals surface area contributed by atoms with E-state index in [0.717, 1.165) is 6.42 Å². The minimum atomic E-state index is -2.49. The quantitative estimate of drug-likeness (QED) is 0.251. The number of halogens is 2. The number of fused-ring (bicyclic) bond motifs is 3. The predicted molar refractivity (Wildman–Crippen MR) is 181 cm³/mol. The smallest absolute Gasteiger partial charge is 1.00 e. The van der Waals surface area contributed by atoms with Crippen molar-refractivity contribution in [1.29, 1.82) is 0 Å².